The maximum absolute atomic E-state index is 10.7. The van der Waals surface area contributed by atoms with Crippen molar-refractivity contribution in [1.29, 1.82) is 0 Å². The van der Waals surface area contributed by atoms with E-state index in [1.54, 1.807) is 6.07 Å². The lowest BCUT2D eigenvalue weighted by atomic mass is 9.94. The summed E-state index contributed by atoms with van der Waals surface area (Å²) in [5.74, 6) is 0.536. The molecule has 2 saturated heterocycles. The molecule has 1 aromatic rings. The molecule has 0 bridgehead atoms. The van der Waals surface area contributed by atoms with E-state index in [1.165, 1.54) is 38.2 Å². The lowest BCUT2D eigenvalue weighted by Crippen LogP contribution is -2.49. The van der Waals surface area contributed by atoms with Crippen LogP contribution in [-0.4, -0.2) is 35.0 Å². The van der Waals surface area contributed by atoms with Gasteiger partial charge < -0.3 is 9.73 Å². The van der Waals surface area contributed by atoms with E-state index in [-0.39, 0.29) is 5.88 Å². The van der Waals surface area contributed by atoms with Gasteiger partial charge in [-0.05, 0) is 44.8 Å². The van der Waals surface area contributed by atoms with E-state index in [0.29, 0.717) is 24.4 Å². The van der Waals surface area contributed by atoms with Gasteiger partial charge in [0.2, 0.25) is 0 Å². The van der Waals surface area contributed by atoms with Gasteiger partial charge in [0.1, 0.15) is 10.7 Å². The van der Waals surface area contributed by atoms with Crippen LogP contribution in [0.2, 0.25) is 0 Å². The van der Waals surface area contributed by atoms with Crippen molar-refractivity contribution in [3.05, 3.63) is 28.0 Å². The lowest BCUT2D eigenvalue weighted by Gasteiger charge is -2.38. The van der Waals surface area contributed by atoms with Crippen LogP contribution in [0.25, 0.3) is 0 Å². The van der Waals surface area contributed by atoms with Gasteiger partial charge in [-0.3, -0.25) is 15.0 Å². The number of likely N-dealkylation sites (tertiary alicyclic amines) is 1. The fourth-order valence-corrected chi connectivity index (χ4v) is 3.46. The number of rotatable bonds is 4. The summed E-state index contributed by atoms with van der Waals surface area (Å²) in [6, 6.07) is 4.28. The van der Waals surface area contributed by atoms with Gasteiger partial charge in [-0.2, -0.15) is 0 Å². The van der Waals surface area contributed by atoms with Gasteiger partial charge in [-0.15, -0.1) is 0 Å². The number of nitrogens with one attached hydrogen (secondary N) is 1. The molecule has 0 aromatic carbocycles. The summed E-state index contributed by atoms with van der Waals surface area (Å²) < 4.78 is 5.30. The second-order valence-corrected chi connectivity index (χ2v) is 5.73. The van der Waals surface area contributed by atoms with E-state index >= 15 is 0 Å². The van der Waals surface area contributed by atoms with Crippen LogP contribution in [0.5, 0.6) is 0 Å². The molecule has 20 heavy (non-hydrogen) atoms. The third-order valence-corrected chi connectivity index (χ3v) is 4.41. The molecule has 6 heteroatoms. The van der Waals surface area contributed by atoms with E-state index < -0.39 is 4.92 Å². The van der Waals surface area contributed by atoms with Gasteiger partial charge in [0.05, 0.1) is 12.6 Å². The molecule has 2 aliphatic heterocycles. The molecule has 110 valence electrons. The zero-order chi connectivity index (χ0) is 13.9. The summed E-state index contributed by atoms with van der Waals surface area (Å²) in [6.45, 7) is 2.84. The van der Waals surface area contributed by atoms with Gasteiger partial charge in [0.25, 0.3) is 0 Å². The van der Waals surface area contributed by atoms with Crippen molar-refractivity contribution in [2.75, 3.05) is 13.1 Å². The molecule has 1 aromatic heterocycles. The minimum absolute atomic E-state index is 0.160. The van der Waals surface area contributed by atoms with Gasteiger partial charge in [0.15, 0.2) is 0 Å². The molecular weight excluding hydrogens is 258 g/mol. The number of hydrogen-bond acceptors (Lipinski definition) is 5. The molecule has 0 spiro atoms. The van der Waals surface area contributed by atoms with Crippen molar-refractivity contribution in [1.82, 2.24) is 10.2 Å². The minimum Gasteiger partial charge on any atom is -0.404 e. The maximum Gasteiger partial charge on any atom is 0.433 e. The van der Waals surface area contributed by atoms with Gasteiger partial charge >= 0.3 is 5.88 Å². The quantitative estimate of drug-likeness (QED) is 0.676. The molecule has 0 radical (unpaired) electrons. The normalized spacial score (nSPS) is 27.8. The van der Waals surface area contributed by atoms with Crippen LogP contribution in [-0.2, 0) is 6.54 Å². The van der Waals surface area contributed by atoms with Crippen molar-refractivity contribution in [2.45, 2.75) is 50.7 Å². The Kier molecular flexibility index (Phi) is 4.03. The molecule has 1 N–H and O–H groups in total. The Morgan fingerprint density at radius 1 is 1.35 bits per heavy atom. The molecular formula is C14H21N3O3. The fraction of sp³-hybridized carbons (Fsp3) is 0.714. The van der Waals surface area contributed by atoms with Crippen LogP contribution in [0, 0.1) is 10.1 Å². The topological polar surface area (TPSA) is 71.6 Å². The number of nitrogens with zero attached hydrogens (tertiary/aromatic N) is 2. The predicted molar refractivity (Wildman–Crippen MR) is 74.4 cm³/mol. The number of hydrogen-bond donors (Lipinski definition) is 1. The molecule has 0 aliphatic carbocycles. The van der Waals surface area contributed by atoms with Crippen molar-refractivity contribution in [3.8, 4) is 0 Å². The Morgan fingerprint density at radius 2 is 2.25 bits per heavy atom. The van der Waals surface area contributed by atoms with E-state index in [1.807, 2.05) is 0 Å². The monoisotopic (exact) mass is 279 g/mol. The van der Waals surface area contributed by atoms with Gasteiger partial charge in [0, 0.05) is 12.1 Å². The second-order valence-electron chi connectivity index (χ2n) is 5.73. The summed E-state index contributed by atoms with van der Waals surface area (Å²) in [5, 5.41) is 14.3. The summed E-state index contributed by atoms with van der Waals surface area (Å²) in [7, 11) is 0. The van der Waals surface area contributed by atoms with Crippen LogP contribution in [0.4, 0.5) is 5.88 Å². The third kappa shape index (κ3) is 2.86. The van der Waals surface area contributed by atoms with E-state index in [4.69, 9.17) is 4.42 Å². The Hall–Kier alpha value is -1.40. The van der Waals surface area contributed by atoms with Crippen molar-refractivity contribution >= 4 is 5.88 Å². The van der Waals surface area contributed by atoms with Crippen LogP contribution < -0.4 is 5.32 Å². The predicted octanol–water partition coefficient (Wildman–Crippen LogP) is 2.29. The van der Waals surface area contributed by atoms with Crippen LogP contribution in [0.1, 0.15) is 37.9 Å². The standard InChI is InChI=1S/C14H21N3O3/c18-17(19)14-7-6-11(20-14)10-16-9-2-1-5-13(16)12-4-3-8-15-12/h6-7,12-13,15H,1-5,8-10H2. The fourth-order valence-electron chi connectivity index (χ4n) is 3.46. The summed E-state index contributed by atoms with van der Waals surface area (Å²) >= 11 is 0. The average molecular weight is 279 g/mol. The minimum atomic E-state index is -0.476. The first-order valence-corrected chi connectivity index (χ1v) is 7.44. The van der Waals surface area contributed by atoms with E-state index in [0.717, 1.165) is 13.1 Å². The van der Waals surface area contributed by atoms with Crippen LogP contribution in [0.15, 0.2) is 16.5 Å². The lowest BCUT2D eigenvalue weighted by molar-refractivity contribution is -0.402. The molecule has 3 rings (SSSR count). The van der Waals surface area contributed by atoms with Crippen molar-refractivity contribution in [2.24, 2.45) is 0 Å². The van der Waals surface area contributed by atoms with Crippen molar-refractivity contribution < 1.29 is 9.34 Å². The van der Waals surface area contributed by atoms with Gasteiger partial charge in [-0.25, -0.2) is 0 Å². The zero-order valence-electron chi connectivity index (χ0n) is 11.6. The number of piperidine rings is 1. The average Bonchev–Trinajstić information content (AvgIpc) is 3.10. The molecule has 0 amide bonds. The smallest absolute Gasteiger partial charge is 0.404 e. The molecule has 3 heterocycles. The Balaban J connectivity index is 1.67. The third-order valence-electron chi connectivity index (χ3n) is 4.41. The summed E-state index contributed by atoms with van der Waals surface area (Å²) in [4.78, 5) is 12.6. The highest BCUT2D eigenvalue weighted by molar-refractivity contribution is 5.17. The van der Waals surface area contributed by atoms with Gasteiger partial charge in [-0.1, -0.05) is 6.42 Å². The van der Waals surface area contributed by atoms with E-state index in [9.17, 15) is 10.1 Å². The maximum atomic E-state index is 10.7. The first kappa shape index (κ1) is 13.6. The first-order valence-electron chi connectivity index (χ1n) is 7.44. The second kappa shape index (κ2) is 5.93. The SMILES string of the molecule is O=[N+]([O-])c1ccc(CN2CCCCC2C2CCCN2)o1. The highest BCUT2D eigenvalue weighted by Crippen LogP contribution is 2.27. The zero-order valence-corrected chi connectivity index (χ0v) is 11.6. The number of furan rings is 1. The summed E-state index contributed by atoms with van der Waals surface area (Å²) in [5.41, 5.74) is 0. The Bertz CT molecular complexity index is 468. The molecule has 0 saturated carbocycles. The van der Waals surface area contributed by atoms with Crippen LogP contribution in [0.3, 0.4) is 0 Å². The molecule has 2 aliphatic rings. The Morgan fingerprint density at radius 3 is 2.95 bits per heavy atom. The van der Waals surface area contributed by atoms with E-state index in [2.05, 4.69) is 10.2 Å². The molecule has 6 nitrogen and oxygen atoms in total. The number of nitro groups is 1. The summed E-state index contributed by atoms with van der Waals surface area (Å²) in [6.07, 6.45) is 6.17. The highest BCUT2D eigenvalue weighted by Gasteiger charge is 2.32. The molecule has 2 atom stereocenters. The largest absolute Gasteiger partial charge is 0.433 e. The van der Waals surface area contributed by atoms with Crippen LogP contribution >= 0.6 is 0 Å². The molecule has 2 unspecified atom stereocenters. The first-order chi connectivity index (χ1) is 9.74. The Labute approximate surface area is 118 Å². The highest BCUT2D eigenvalue weighted by atomic mass is 16.6. The molecule has 2 fully saturated rings. The van der Waals surface area contributed by atoms with Crippen molar-refractivity contribution in [3.63, 3.8) is 0 Å².